The molecule has 0 fully saturated rings. The number of benzene rings is 1. The van der Waals surface area contributed by atoms with E-state index in [-0.39, 0.29) is 11.8 Å². The first-order valence-corrected chi connectivity index (χ1v) is 7.49. The van der Waals surface area contributed by atoms with E-state index in [4.69, 9.17) is 0 Å². The van der Waals surface area contributed by atoms with E-state index in [1.807, 2.05) is 37.6 Å². The van der Waals surface area contributed by atoms with Crippen molar-refractivity contribution in [3.63, 3.8) is 0 Å². The van der Waals surface area contributed by atoms with Crippen LogP contribution < -0.4 is 5.32 Å². The summed E-state index contributed by atoms with van der Waals surface area (Å²) in [6.07, 6.45) is 5.32. The van der Waals surface area contributed by atoms with Gasteiger partial charge < -0.3 is 9.88 Å². The van der Waals surface area contributed by atoms with Crippen LogP contribution in [0.3, 0.4) is 0 Å². The van der Waals surface area contributed by atoms with Gasteiger partial charge in [0.1, 0.15) is 0 Å². The molecule has 1 N–H and O–H groups in total. The van der Waals surface area contributed by atoms with Crippen molar-refractivity contribution in [2.24, 2.45) is 5.92 Å². The highest BCUT2D eigenvalue weighted by molar-refractivity contribution is 9.10. The summed E-state index contributed by atoms with van der Waals surface area (Å²) in [4.78, 5) is 16.5. The van der Waals surface area contributed by atoms with Crippen molar-refractivity contribution in [3.8, 4) is 0 Å². The third kappa shape index (κ3) is 2.63. The summed E-state index contributed by atoms with van der Waals surface area (Å²) in [5.74, 6) is 0.127. The second-order valence-electron chi connectivity index (χ2n) is 5.22. The smallest absolute Gasteiger partial charge is 0.227 e. The number of nitrogens with zero attached hydrogens (tertiary/aromatic N) is 2. The van der Waals surface area contributed by atoms with Crippen LogP contribution in [0.2, 0.25) is 0 Å². The van der Waals surface area contributed by atoms with Crippen LogP contribution >= 0.6 is 15.9 Å². The standard InChI is InChI=1S/C15H16BrN3O/c1-10-6-12(2-3-14(10)16)18-15(20)11-4-5-19-9-17-8-13(19)7-11/h2-3,6,8-9,11H,4-5,7H2,1H3,(H,18,20). The fourth-order valence-electron chi connectivity index (χ4n) is 2.56. The largest absolute Gasteiger partial charge is 0.335 e. The Hall–Kier alpha value is -1.62. The monoisotopic (exact) mass is 333 g/mol. The molecule has 1 amide bonds. The molecule has 104 valence electrons. The third-order valence-corrected chi connectivity index (χ3v) is 4.66. The number of rotatable bonds is 2. The van der Waals surface area contributed by atoms with Crippen LogP contribution in [0.1, 0.15) is 17.7 Å². The predicted octanol–water partition coefficient (Wildman–Crippen LogP) is 3.16. The second kappa shape index (κ2) is 5.40. The maximum Gasteiger partial charge on any atom is 0.227 e. The van der Waals surface area contributed by atoms with Gasteiger partial charge in [0, 0.05) is 40.9 Å². The van der Waals surface area contributed by atoms with Crippen molar-refractivity contribution >= 4 is 27.5 Å². The number of hydrogen-bond donors (Lipinski definition) is 1. The van der Waals surface area contributed by atoms with Crippen LogP contribution in [0, 0.1) is 12.8 Å². The summed E-state index contributed by atoms with van der Waals surface area (Å²) in [5, 5.41) is 3.01. The number of carbonyl (C=O) groups is 1. The normalized spacial score (nSPS) is 17.6. The van der Waals surface area contributed by atoms with Crippen LogP contribution in [0.5, 0.6) is 0 Å². The molecule has 1 aromatic heterocycles. The van der Waals surface area contributed by atoms with Gasteiger partial charge in [-0.25, -0.2) is 4.98 Å². The van der Waals surface area contributed by atoms with Crippen molar-refractivity contribution in [1.29, 1.82) is 0 Å². The van der Waals surface area contributed by atoms with E-state index < -0.39 is 0 Å². The quantitative estimate of drug-likeness (QED) is 0.917. The lowest BCUT2D eigenvalue weighted by Crippen LogP contribution is -2.29. The molecule has 1 aromatic carbocycles. The molecule has 0 spiro atoms. The molecular weight excluding hydrogens is 318 g/mol. The summed E-state index contributed by atoms with van der Waals surface area (Å²) in [6, 6.07) is 5.86. The van der Waals surface area contributed by atoms with E-state index >= 15 is 0 Å². The van der Waals surface area contributed by atoms with Crippen molar-refractivity contribution < 1.29 is 4.79 Å². The molecule has 0 saturated heterocycles. The minimum Gasteiger partial charge on any atom is -0.335 e. The van der Waals surface area contributed by atoms with Gasteiger partial charge in [-0.05, 0) is 37.1 Å². The summed E-state index contributed by atoms with van der Waals surface area (Å²) in [5.41, 5.74) is 3.11. The Kier molecular flexibility index (Phi) is 3.61. The third-order valence-electron chi connectivity index (χ3n) is 3.77. The molecule has 4 nitrogen and oxygen atoms in total. The van der Waals surface area contributed by atoms with E-state index in [1.165, 1.54) is 0 Å². The number of aryl methyl sites for hydroxylation is 2. The lowest BCUT2D eigenvalue weighted by Gasteiger charge is -2.23. The number of nitrogens with one attached hydrogen (secondary N) is 1. The average molecular weight is 334 g/mol. The van der Waals surface area contributed by atoms with Crippen molar-refractivity contribution in [3.05, 3.63) is 46.5 Å². The maximum absolute atomic E-state index is 12.3. The maximum atomic E-state index is 12.3. The van der Waals surface area contributed by atoms with Gasteiger partial charge in [0.15, 0.2) is 0 Å². The molecule has 1 aliphatic rings. The number of imidazole rings is 1. The molecule has 0 saturated carbocycles. The Labute approximate surface area is 126 Å². The lowest BCUT2D eigenvalue weighted by atomic mass is 9.95. The van der Waals surface area contributed by atoms with Crippen LogP contribution in [-0.4, -0.2) is 15.5 Å². The average Bonchev–Trinajstić information content (AvgIpc) is 2.90. The van der Waals surface area contributed by atoms with E-state index in [0.717, 1.165) is 40.8 Å². The molecule has 0 aliphatic carbocycles. The molecule has 5 heteroatoms. The van der Waals surface area contributed by atoms with E-state index in [1.54, 1.807) is 0 Å². The van der Waals surface area contributed by atoms with Crippen molar-refractivity contribution in [1.82, 2.24) is 9.55 Å². The Morgan fingerprint density at radius 3 is 3.15 bits per heavy atom. The SMILES string of the molecule is Cc1cc(NC(=O)C2CCn3cncc3C2)ccc1Br. The van der Waals surface area contributed by atoms with E-state index in [9.17, 15) is 4.79 Å². The zero-order valence-corrected chi connectivity index (χ0v) is 12.9. The van der Waals surface area contributed by atoms with Gasteiger partial charge in [-0.15, -0.1) is 0 Å². The first-order valence-electron chi connectivity index (χ1n) is 6.69. The number of hydrogen-bond acceptors (Lipinski definition) is 2. The highest BCUT2D eigenvalue weighted by atomic mass is 79.9. The van der Waals surface area contributed by atoms with Crippen LogP contribution in [0.4, 0.5) is 5.69 Å². The zero-order chi connectivity index (χ0) is 14.1. The Morgan fingerprint density at radius 1 is 1.50 bits per heavy atom. The predicted molar refractivity (Wildman–Crippen MR) is 81.5 cm³/mol. The molecule has 2 aromatic rings. The Bertz CT molecular complexity index is 650. The highest BCUT2D eigenvalue weighted by Crippen LogP contribution is 2.23. The number of aromatic nitrogens is 2. The molecule has 1 aliphatic heterocycles. The first kappa shape index (κ1) is 13.4. The number of fused-ring (bicyclic) bond motifs is 1. The second-order valence-corrected chi connectivity index (χ2v) is 6.08. The van der Waals surface area contributed by atoms with Gasteiger partial charge in [0.05, 0.1) is 6.33 Å². The molecule has 1 unspecified atom stereocenters. The van der Waals surface area contributed by atoms with Gasteiger partial charge >= 0.3 is 0 Å². The summed E-state index contributed by atoms with van der Waals surface area (Å²) >= 11 is 3.46. The number of amides is 1. The van der Waals surface area contributed by atoms with Gasteiger partial charge in [-0.1, -0.05) is 15.9 Å². The fraction of sp³-hybridized carbons (Fsp3) is 0.333. The van der Waals surface area contributed by atoms with Gasteiger partial charge in [0.25, 0.3) is 0 Å². The summed E-state index contributed by atoms with van der Waals surface area (Å²) in [7, 11) is 0. The number of halogens is 1. The molecule has 0 radical (unpaired) electrons. The van der Waals surface area contributed by atoms with Gasteiger partial charge in [-0.3, -0.25) is 4.79 Å². The molecule has 1 atom stereocenters. The lowest BCUT2D eigenvalue weighted by molar-refractivity contribution is -0.120. The molecule has 0 bridgehead atoms. The summed E-state index contributed by atoms with van der Waals surface area (Å²) < 4.78 is 3.17. The number of carbonyl (C=O) groups excluding carboxylic acids is 1. The fourth-order valence-corrected chi connectivity index (χ4v) is 2.81. The highest BCUT2D eigenvalue weighted by Gasteiger charge is 2.24. The molecule has 20 heavy (non-hydrogen) atoms. The molecule has 3 rings (SSSR count). The van der Waals surface area contributed by atoms with Crippen molar-refractivity contribution in [2.75, 3.05) is 5.32 Å². The number of anilines is 1. The topological polar surface area (TPSA) is 46.9 Å². The van der Waals surface area contributed by atoms with Gasteiger partial charge in [-0.2, -0.15) is 0 Å². The minimum absolute atomic E-state index is 0.0307. The van der Waals surface area contributed by atoms with E-state index in [0.29, 0.717) is 0 Å². The van der Waals surface area contributed by atoms with Crippen LogP contribution in [0.25, 0.3) is 0 Å². The zero-order valence-electron chi connectivity index (χ0n) is 11.3. The van der Waals surface area contributed by atoms with Gasteiger partial charge in [0.2, 0.25) is 5.91 Å². The Balaban J connectivity index is 1.69. The Morgan fingerprint density at radius 2 is 2.35 bits per heavy atom. The van der Waals surface area contributed by atoms with Crippen LogP contribution in [-0.2, 0) is 17.8 Å². The molecular formula is C15H16BrN3O. The van der Waals surface area contributed by atoms with Crippen LogP contribution in [0.15, 0.2) is 35.2 Å². The summed E-state index contributed by atoms with van der Waals surface area (Å²) in [6.45, 7) is 2.88. The molecule has 2 heterocycles. The van der Waals surface area contributed by atoms with E-state index in [2.05, 4.69) is 30.8 Å². The van der Waals surface area contributed by atoms with Crippen molar-refractivity contribution in [2.45, 2.75) is 26.3 Å². The minimum atomic E-state index is 0.0307. The first-order chi connectivity index (χ1) is 9.63.